The molecule has 0 atom stereocenters. The van der Waals surface area contributed by atoms with Crippen LogP contribution in [-0.2, 0) is 6.54 Å². The molecule has 0 bridgehead atoms. The molecule has 0 aromatic carbocycles. The molecular formula is C20H23N7O2. The normalized spacial score (nSPS) is 11.3. The van der Waals surface area contributed by atoms with E-state index in [1.165, 1.54) is 6.39 Å². The van der Waals surface area contributed by atoms with Crippen molar-refractivity contribution >= 4 is 11.2 Å². The molecule has 0 fully saturated rings. The SMILES string of the molecule is CCOc1ncccc1-c1cc(NCc2ncon2)c2c(C(C)C)nc(C)n2n1. The van der Waals surface area contributed by atoms with E-state index in [1.54, 1.807) is 6.20 Å². The smallest absolute Gasteiger partial charge is 0.222 e. The third-order valence-corrected chi connectivity index (χ3v) is 4.51. The monoisotopic (exact) mass is 393 g/mol. The summed E-state index contributed by atoms with van der Waals surface area (Å²) in [5, 5.41) is 12.1. The van der Waals surface area contributed by atoms with E-state index in [0.29, 0.717) is 24.9 Å². The lowest BCUT2D eigenvalue weighted by Gasteiger charge is -2.13. The van der Waals surface area contributed by atoms with Crippen molar-refractivity contribution in [3.8, 4) is 17.1 Å². The molecule has 0 radical (unpaired) electrons. The predicted molar refractivity (Wildman–Crippen MR) is 108 cm³/mol. The third kappa shape index (κ3) is 3.63. The summed E-state index contributed by atoms with van der Waals surface area (Å²) in [5.74, 6) is 2.18. The maximum Gasteiger partial charge on any atom is 0.222 e. The summed E-state index contributed by atoms with van der Waals surface area (Å²) < 4.78 is 12.4. The number of nitrogens with zero attached hydrogens (tertiary/aromatic N) is 6. The van der Waals surface area contributed by atoms with Crippen molar-refractivity contribution in [3.05, 3.63) is 48.1 Å². The molecule has 1 N–H and O–H groups in total. The van der Waals surface area contributed by atoms with Crippen molar-refractivity contribution in [1.82, 2.24) is 29.7 Å². The minimum Gasteiger partial charge on any atom is -0.477 e. The van der Waals surface area contributed by atoms with Crippen molar-refractivity contribution in [2.45, 2.75) is 40.2 Å². The zero-order valence-corrected chi connectivity index (χ0v) is 16.9. The zero-order chi connectivity index (χ0) is 20.4. The summed E-state index contributed by atoms with van der Waals surface area (Å²) >= 11 is 0. The Morgan fingerprint density at radius 3 is 2.86 bits per heavy atom. The molecule has 4 rings (SSSR count). The average Bonchev–Trinajstić information content (AvgIpc) is 3.35. The Kier molecular flexibility index (Phi) is 5.11. The number of hydrogen-bond acceptors (Lipinski definition) is 8. The lowest BCUT2D eigenvalue weighted by molar-refractivity contribution is 0.328. The van der Waals surface area contributed by atoms with Gasteiger partial charge < -0.3 is 14.6 Å². The van der Waals surface area contributed by atoms with Gasteiger partial charge in [0.2, 0.25) is 12.3 Å². The van der Waals surface area contributed by atoms with Gasteiger partial charge in [-0.05, 0) is 38.0 Å². The molecule has 9 nitrogen and oxygen atoms in total. The van der Waals surface area contributed by atoms with Crippen LogP contribution < -0.4 is 10.1 Å². The summed E-state index contributed by atoms with van der Waals surface area (Å²) in [5.41, 5.74) is 4.36. The second-order valence-electron chi connectivity index (χ2n) is 6.89. The number of hydrogen-bond donors (Lipinski definition) is 1. The van der Waals surface area contributed by atoms with Gasteiger partial charge in [-0.1, -0.05) is 19.0 Å². The molecule has 0 aliphatic rings. The Bertz CT molecular complexity index is 1120. The second kappa shape index (κ2) is 7.86. The van der Waals surface area contributed by atoms with Crippen LogP contribution in [0.2, 0.25) is 0 Å². The second-order valence-corrected chi connectivity index (χ2v) is 6.89. The van der Waals surface area contributed by atoms with Crippen LogP contribution in [0.4, 0.5) is 5.69 Å². The molecule has 0 amide bonds. The first-order chi connectivity index (χ1) is 14.1. The van der Waals surface area contributed by atoms with E-state index in [-0.39, 0.29) is 5.92 Å². The fourth-order valence-electron chi connectivity index (χ4n) is 3.21. The fourth-order valence-corrected chi connectivity index (χ4v) is 3.21. The quantitative estimate of drug-likeness (QED) is 0.508. The lowest BCUT2D eigenvalue weighted by atomic mass is 10.1. The van der Waals surface area contributed by atoms with Gasteiger partial charge in [-0.3, -0.25) is 0 Å². The molecule has 0 aliphatic carbocycles. The average molecular weight is 393 g/mol. The van der Waals surface area contributed by atoms with Crippen molar-refractivity contribution in [1.29, 1.82) is 0 Å². The minimum absolute atomic E-state index is 0.245. The molecule has 29 heavy (non-hydrogen) atoms. The van der Waals surface area contributed by atoms with E-state index in [2.05, 4.69) is 34.3 Å². The van der Waals surface area contributed by atoms with Crippen molar-refractivity contribution < 1.29 is 9.26 Å². The van der Waals surface area contributed by atoms with Crippen LogP contribution in [0.1, 0.15) is 44.0 Å². The first kappa shape index (κ1) is 18.9. The van der Waals surface area contributed by atoms with Gasteiger partial charge in [-0.2, -0.15) is 10.1 Å². The molecule has 0 saturated heterocycles. The van der Waals surface area contributed by atoms with E-state index >= 15 is 0 Å². The van der Waals surface area contributed by atoms with Gasteiger partial charge in [-0.15, -0.1) is 0 Å². The number of rotatable bonds is 7. The van der Waals surface area contributed by atoms with E-state index in [0.717, 1.165) is 34.0 Å². The first-order valence-electron chi connectivity index (χ1n) is 9.56. The van der Waals surface area contributed by atoms with Crippen LogP contribution in [0.5, 0.6) is 5.88 Å². The number of fused-ring (bicyclic) bond motifs is 1. The summed E-state index contributed by atoms with van der Waals surface area (Å²) in [6.45, 7) is 9.06. The third-order valence-electron chi connectivity index (χ3n) is 4.51. The van der Waals surface area contributed by atoms with E-state index in [1.807, 2.05) is 36.6 Å². The Hall–Kier alpha value is -3.49. The fraction of sp³-hybridized carbons (Fsp3) is 0.350. The summed E-state index contributed by atoms with van der Waals surface area (Å²) in [4.78, 5) is 13.2. The van der Waals surface area contributed by atoms with E-state index in [4.69, 9.17) is 19.3 Å². The molecule has 4 aromatic rings. The molecule has 0 spiro atoms. The molecule has 4 aromatic heterocycles. The van der Waals surface area contributed by atoms with Crippen LogP contribution in [0.15, 0.2) is 35.3 Å². The zero-order valence-electron chi connectivity index (χ0n) is 16.9. The van der Waals surface area contributed by atoms with Gasteiger partial charge in [-0.25, -0.2) is 14.5 Å². The van der Waals surface area contributed by atoms with Crippen molar-refractivity contribution in [2.24, 2.45) is 0 Å². The van der Waals surface area contributed by atoms with Gasteiger partial charge in [0.15, 0.2) is 5.82 Å². The number of aromatic nitrogens is 6. The molecule has 9 heteroatoms. The van der Waals surface area contributed by atoms with E-state index < -0.39 is 0 Å². The highest BCUT2D eigenvalue weighted by atomic mass is 16.5. The number of aryl methyl sites for hydroxylation is 1. The van der Waals surface area contributed by atoms with Gasteiger partial charge >= 0.3 is 0 Å². The number of imidazole rings is 1. The minimum atomic E-state index is 0.245. The van der Waals surface area contributed by atoms with Crippen LogP contribution in [-0.4, -0.2) is 36.3 Å². The molecule has 150 valence electrons. The van der Waals surface area contributed by atoms with Crippen LogP contribution >= 0.6 is 0 Å². The Morgan fingerprint density at radius 1 is 1.28 bits per heavy atom. The molecular weight excluding hydrogens is 370 g/mol. The number of anilines is 1. The summed E-state index contributed by atoms with van der Waals surface area (Å²) in [7, 11) is 0. The van der Waals surface area contributed by atoms with E-state index in [9.17, 15) is 0 Å². The maximum atomic E-state index is 5.71. The van der Waals surface area contributed by atoms with Crippen molar-refractivity contribution in [3.63, 3.8) is 0 Å². The molecule has 0 unspecified atom stereocenters. The van der Waals surface area contributed by atoms with Crippen LogP contribution in [0, 0.1) is 6.92 Å². The van der Waals surface area contributed by atoms with Gasteiger partial charge in [0.25, 0.3) is 0 Å². The Balaban J connectivity index is 1.88. The number of nitrogens with one attached hydrogen (secondary N) is 1. The van der Waals surface area contributed by atoms with Gasteiger partial charge in [0.05, 0.1) is 35.8 Å². The topological polar surface area (TPSA) is 103 Å². The Morgan fingerprint density at radius 2 is 2.14 bits per heavy atom. The van der Waals surface area contributed by atoms with Gasteiger partial charge in [0, 0.05) is 6.20 Å². The molecule has 4 heterocycles. The van der Waals surface area contributed by atoms with Gasteiger partial charge in [0.1, 0.15) is 11.3 Å². The maximum absolute atomic E-state index is 5.71. The standard InChI is InChI=1S/C20H23N7O2/c1-5-28-20-14(7-6-8-21-20)15-9-16(22-10-17-23-11-29-26-17)19-18(12(2)3)24-13(4)27(19)25-15/h6-9,11-12,22H,5,10H2,1-4H3. The first-order valence-corrected chi connectivity index (χ1v) is 9.56. The summed E-state index contributed by atoms with van der Waals surface area (Å²) in [6.07, 6.45) is 3.03. The number of ether oxygens (including phenoxy) is 1. The molecule has 0 aliphatic heterocycles. The lowest BCUT2D eigenvalue weighted by Crippen LogP contribution is -2.07. The van der Waals surface area contributed by atoms with Crippen LogP contribution in [0.3, 0.4) is 0 Å². The Labute approximate surface area is 168 Å². The summed E-state index contributed by atoms with van der Waals surface area (Å²) in [6, 6.07) is 5.81. The number of pyridine rings is 1. The van der Waals surface area contributed by atoms with Crippen LogP contribution in [0.25, 0.3) is 16.8 Å². The molecule has 0 saturated carbocycles. The largest absolute Gasteiger partial charge is 0.477 e. The highest BCUT2D eigenvalue weighted by Gasteiger charge is 2.20. The highest BCUT2D eigenvalue weighted by molar-refractivity contribution is 5.80. The highest BCUT2D eigenvalue weighted by Crippen LogP contribution is 2.33. The van der Waals surface area contributed by atoms with Crippen molar-refractivity contribution in [2.75, 3.05) is 11.9 Å². The predicted octanol–water partition coefficient (Wildman–Crippen LogP) is 3.62.